The highest BCUT2D eigenvalue weighted by Gasteiger charge is 2.40. The second kappa shape index (κ2) is 17.3. The number of hydrogen-bond donors (Lipinski definition) is 2. The van der Waals surface area contributed by atoms with Crippen LogP contribution in [0.3, 0.4) is 0 Å². The first-order valence-electron chi connectivity index (χ1n) is 16.8. The molecule has 2 aromatic carbocycles. The Morgan fingerprint density at radius 1 is 0.609 bits per heavy atom. The number of hydrogen-bond acceptors (Lipinski definition) is 4. The predicted molar refractivity (Wildman–Crippen MR) is 201 cm³/mol. The van der Waals surface area contributed by atoms with Gasteiger partial charge in [-0.25, -0.2) is 0 Å². The molecule has 2 N–H and O–H groups in total. The van der Waals surface area contributed by atoms with Crippen LogP contribution in [0.1, 0.15) is 118 Å². The van der Waals surface area contributed by atoms with Gasteiger partial charge in [-0.05, 0) is 87.5 Å². The summed E-state index contributed by atoms with van der Waals surface area (Å²) in [4.78, 5) is 29.5. The van der Waals surface area contributed by atoms with Crippen LogP contribution < -0.4 is 10.6 Å². The van der Waals surface area contributed by atoms with Gasteiger partial charge in [0.05, 0.1) is 31.5 Å². The van der Waals surface area contributed by atoms with Gasteiger partial charge in [-0.2, -0.15) is 0 Å². The molecule has 4 nitrogen and oxygen atoms in total. The van der Waals surface area contributed by atoms with Crippen molar-refractivity contribution in [1.29, 1.82) is 0 Å². The molecule has 254 valence electrons. The highest BCUT2D eigenvalue weighted by atomic mass is 35.5. The van der Waals surface area contributed by atoms with Crippen LogP contribution in [0.15, 0.2) is 34.1 Å². The van der Waals surface area contributed by atoms with Gasteiger partial charge >= 0.3 is 0 Å². The number of rotatable bonds is 13. The Kier molecular flexibility index (Phi) is 14.3. The molecule has 0 atom stereocenters. The van der Waals surface area contributed by atoms with Crippen LogP contribution in [0.4, 0.5) is 11.4 Å². The van der Waals surface area contributed by atoms with E-state index in [-0.39, 0.29) is 22.6 Å². The predicted octanol–water partition coefficient (Wildman–Crippen LogP) is 13.7. The molecule has 2 aliphatic carbocycles. The summed E-state index contributed by atoms with van der Waals surface area (Å²) in [6.07, 6.45) is 14.0. The summed E-state index contributed by atoms with van der Waals surface area (Å²) in [7, 11) is 2.88. The van der Waals surface area contributed by atoms with Crippen molar-refractivity contribution in [3.8, 4) is 0 Å². The lowest BCUT2D eigenvalue weighted by Crippen LogP contribution is -2.38. The van der Waals surface area contributed by atoms with Gasteiger partial charge in [0.15, 0.2) is 0 Å². The van der Waals surface area contributed by atoms with Gasteiger partial charge in [0.25, 0.3) is 0 Å². The standard InChI is InChI=1S/C36H48Cl4N2O2S2/c1-23(2)11-17-35(13-7-5-8-14-35)33(43)41-29-19-25(37)27(39)21-31(29)45-46-32-22-28(40)26(38)20-30(32)42-34(44)36(18-12-24(3)4)15-9-6-10-16-36/h19-24H,5-18H2,1-4H3,(H,41,43)(H,42,44). The summed E-state index contributed by atoms with van der Waals surface area (Å²) in [5.41, 5.74) is 0.504. The molecule has 2 aliphatic rings. The summed E-state index contributed by atoms with van der Waals surface area (Å²) >= 11 is 26.0. The van der Waals surface area contributed by atoms with E-state index in [1.54, 1.807) is 24.3 Å². The number of nitrogens with one attached hydrogen (secondary N) is 2. The lowest BCUT2D eigenvalue weighted by Gasteiger charge is -2.36. The third-order valence-corrected chi connectivity index (χ3v) is 13.6. The number of amides is 2. The van der Waals surface area contributed by atoms with Crippen molar-refractivity contribution in [1.82, 2.24) is 0 Å². The first kappa shape index (κ1) is 38.0. The molecule has 2 aromatic rings. The maximum Gasteiger partial charge on any atom is 0.230 e. The summed E-state index contributed by atoms with van der Waals surface area (Å²) in [5, 5.41) is 8.08. The van der Waals surface area contributed by atoms with Crippen LogP contribution >= 0.6 is 68.0 Å². The van der Waals surface area contributed by atoms with Gasteiger partial charge in [0, 0.05) is 20.6 Å². The minimum Gasteiger partial charge on any atom is -0.325 e. The number of halogens is 4. The SMILES string of the molecule is CC(C)CCC1(C(=O)Nc2cc(Cl)c(Cl)cc2SSc2cc(Cl)c(Cl)cc2NC(=O)C2(CCC(C)C)CCCCC2)CCCCC1. The fourth-order valence-corrected chi connectivity index (χ4v) is 9.82. The Labute approximate surface area is 304 Å². The second-order valence-corrected chi connectivity index (χ2v) is 18.0. The first-order chi connectivity index (χ1) is 21.8. The molecule has 0 radical (unpaired) electrons. The topological polar surface area (TPSA) is 58.2 Å². The minimum absolute atomic E-state index is 0.0553. The lowest BCUT2D eigenvalue weighted by atomic mass is 9.69. The summed E-state index contributed by atoms with van der Waals surface area (Å²) < 4.78 is 0. The van der Waals surface area contributed by atoms with Gasteiger partial charge < -0.3 is 10.6 Å². The van der Waals surface area contributed by atoms with Crippen molar-refractivity contribution in [3.63, 3.8) is 0 Å². The Morgan fingerprint density at radius 2 is 0.935 bits per heavy atom. The summed E-state index contributed by atoms with van der Waals surface area (Å²) in [6, 6.07) is 7.06. The van der Waals surface area contributed by atoms with Gasteiger partial charge in [-0.3, -0.25) is 9.59 Å². The molecule has 4 rings (SSSR count). The molecule has 46 heavy (non-hydrogen) atoms. The van der Waals surface area contributed by atoms with E-state index in [1.165, 1.54) is 34.4 Å². The smallest absolute Gasteiger partial charge is 0.230 e. The average molecular weight is 747 g/mol. The molecule has 0 saturated heterocycles. The third kappa shape index (κ3) is 9.91. The number of anilines is 2. The van der Waals surface area contributed by atoms with Crippen LogP contribution in [0.25, 0.3) is 0 Å². The third-order valence-electron chi connectivity index (χ3n) is 9.75. The zero-order valence-electron chi connectivity index (χ0n) is 27.5. The van der Waals surface area contributed by atoms with Crippen molar-refractivity contribution in [2.45, 2.75) is 127 Å². The van der Waals surface area contributed by atoms with Crippen LogP contribution in [-0.2, 0) is 9.59 Å². The molecule has 0 aromatic heterocycles. The molecule has 0 aliphatic heterocycles. The Bertz CT molecular complexity index is 1270. The molecule has 0 unspecified atom stereocenters. The molecule has 0 spiro atoms. The zero-order valence-corrected chi connectivity index (χ0v) is 32.2. The summed E-state index contributed by atoms with van der Waals surface area (Å²) in [5.74, 6) is 1.17. The second-order valence-electron chi connectivity index (χ2n) is 14.1. The molecule has 10 heteroatoms. The fourth-order valence-electron chi connectivity index (χ4n) is 6.76. The van der Waals surface area contributed by atoms with E-state index >= 15 is 0 Å². The average Bonchev–Trinajstić information content (AvgIpc) is 3.02. The largest absolute Gasteiger partial charge is 0.325 e. The minimum atomic E-state index is -0.379. The maximum absolute atomic E-state index is 14.0. The van der Waals surface area contributed by atoms with E-state index < -0.39 is 0 Å². The van der Waals surface area contributed by atoms with Gasteiger partial charge in [-0.1, -0.05) is 134 Å². The van der Waals surface area contributed by atoms with Crippen molar-refractivity contribution in [3.05, 3.63) is 44.4 Å². The molecule has 2 fully saturated rings. The van der Waals surface area contributed by atoms with E-state index in [0.717, 1.165) is 86.8 Å². The number of carbonyl (C=O) groups is 2. The maximum atomic E-state index is 14.0. The molecule has 2 amide bonds. The van der Waals surface area contributed by atoms with Crippen LogP contribution in [-0.4, -0.2) is 11.8 Å². The van der Waals surface area contributed by atoms with Crippen molar-refractivity contribution in [2.24, 2.45) is 22.7 Å². The van der Waals surface area contributed by atoms with Crippen LogP contribution in [0.5, 0.6) is 0 Å². The monoisotopic (exact) mass is 744 g/mol. The zero-order chi connectivity index (χ0) is 33.5. The molecular formula is C36H48Cl4N2O2S2. The van der Waals surface area contributed by atoms with E-state index in [1.807, 2.05) is 0 Å². The number of benzene rings is 2. The molecular weight excluding hydrogens is 698 g/mol. The van der Waals surface area contributed by atoms with Crippen molar-refractivity contribution in [2.75, 3.05) is 10.6 Å². The normalized spacial score (nSPS) is 17.7. The Morgan fingerprint density at radius 3 is 1.26 bits per heavy atom. The van der Waals surface area contributed by atoms with E-state index in [2.05, 4.69) is 38.3 Å². The highest BCUT2D eigenvalue weighted by Crippen LogP contribution is 2.50. The first-order valence-corrected chi connectivity index (χ1v) is 20.5. The van der Waals surface area contributed by atoms with E-state index in [0.29, 0.717) is 43.3 Å². The molecule has 2 saturated carbocycles. The molecule has 0 heterocycles. The fraction of sp³-hybridized carbons (Fsp3) is 0.611. The lowest BCUT2D eigenvalue weighted by molar-refractivity contribution is -0.128. The summed E-state index contributed by atoms with van der Waals surface area (Å²) in [6.45, 7) is 8.83. The molecule has 0 bridgehead atoms. The quantitative estimate of drug-likeness (QED) is 0.200. The van der Waals surface area contributed by atoms with Crippen LogP contribution in [0, 0.1) is 22.7 Å². The van der Waals surface area contributed by atoms with Crippen molar-refractivity contribution >= 4 is 91.2 Å². The van der Waals surface area contributed by atoms with Crippen LogP contribution in [0.2, 0.25) is 20.1 Å². The van der Waals surface area contributed by atoms with E-state index in [4.69, 9.17) is 46.4 Å². The van der Waals surface area contributed by atoms with Gasteiger partial charge in [-0.15, -0.1) is 0 Å². The van der Waals surface area contributed by atoms with E-state index in [9.17, 15) is 9.59 Å². The Hall–Kier alpha value is -0.760. The van der Waals surface area contributed by atoms with Crippen molar-refractivity contribution < 1.29 is 9.59 Å². The Balaban J connectivity index is 1.58. The van der Waals surface area contributed by atoms with Gasteiger partial charge in [0.2, 0.25) is 11.8 Å². The number of carbonyl (C=O) groups excluding carboxylic acids is 2. The van der Waals surface area contributed by atoms with Gasteiger partial charge in [0.1, 0.15) is 0 Å². The highest BCUT2D eigenvalue weighted by molar-refractivity contribution is 8.76.